The van der Waals surface area contributed by atoms with Crippen LogP contribution in [-0.2, 0) is 6.42 Å². The first-order valence-corrected chi connectivity index (χ1v) is 7.46. The van der Waals surface area contributed by atoms with Crippen LogP contribution >= 0.6 is 0 Å². The van der Waals surface area contributed by atoms with Gasteiger partial charge in [0.2, 0.25) is 0 Å². The molecule has 0 unspecified atom stereocenters. The summed E-state index contributed by atoms with van der Waals surface area (Å²) in [7, 11) is 0. The molecule has 0 aliphatic heterocycles. The number of benzene rings is 2. The highest BCUT2D eigenvalue weighted by molar-refractivity contribution is 5.91. The molecule has 2 aromatic carbocycles. The third-order valence-electron chi connectivity index (χ3n) is 3.48. The summed E-state index contributed by atoms with van der Waals surface area (Å²) < 4.78 is 12.8. The van der Waals surface area contributed by atoms with E-state index in [1.165, 1.54) is 12.1 Å². The van der Waals surface area contributed by atoms with Crippen LogP contribution < -0.4 is 10.2 Å². The fraction of sp³-hybridized carbons (Fsp3) is 0.278. The van der Waals surface area contributed by atoms with E-state index >= 15 is 0 Å². The fourth-order valence-corrected chi connectivity index (χ4v) is 2.30. The van der Waals surface area contributed by atoms with Gasteiger partial charge in [0.15, 0.2) is 0 Å². The van der Waals surface area contributed by atoms with Crippen molar-refractivity contribution in [2.24, 2.45) is 0 Å². The van der Waals surface area contributed by atoms with Gasteiger partial charge in [0, 0.05) is 18.8 Å². The maximum Gasteiger partial charge on any atom is 0.321 e. The Kier molecular flexibility index (Phi) is 5.53. The molecule has 2 aromatic rings. The molecule has 0 aliphatic carbocycles. The largest absolute Gasteiger partial charge is 0.337 e. The second kappa shape index (κ2) is 7.59. The van der Waals surface area contributed by atoms with Gasteiger partial charge in [-0.1, -0.05) is 24.3 Å². The maximum atomic E-state index is 12.8. The lowest BCUT2D eigenvalue weighted by Crippen LogP contribution is -2.40. The number of anilines is 1. The topological polar surface area (TPSA) is 32.3 Å². The predicted octanol–water partition coefficient (Wildman–Crippen LogP) is 3.91. The van der Waals surface area contributed by atoms with Gasteiger partial charge in [-0.15, -0.1) is 0 Å². The molecule has 0 bridgehead atoms. The molecule has 0 atom stereocenters. The summed E-state index contributed by atoms with van der Waals surface area (Å²) in [5.74, 6) is -0.246. The van der Waals surface area contributed by atoms with Crippen molar-refractivity contribution in [2.45, 2.75) is 20.3 Å². The number of halogens is 1. The number of aryl methyl sites for hydroxylation is 1. The molecule has 0 heterocycles. The molecule has 116 valence electrons. The van der Waals surface area contributed by atoms with Crippen LogP contribution in [0.3, 0.4) is 0 Å². The summed E-state index contributed by atoms with van der Waals surface area (Å²) in [6.07, 6.45) is 0.678. The first-order chi connectivity index (χ1) is 10.6. The van der Waals surface area contributed by atoms with E-state index in [4.69, 9.17) is 0 Å². The minimum absolute atomic E-state index is 0.116. The minimum Gasteiger partial charge on any atom is -0.337 e. The second-order valence-electron chi connectivity index (χ2n) is 5.19. The van der Waals surface area contributed by atoms with E-state index in [1.807, 2.05) is 38.1 Å². The van der Waals surface area contributed by atoms with Crippen LogP contribution in [0.4, 0.5) is 14.9 Å². The Balaban J connectivity index is 1.91. The molecule has 2 amide bonds. The van der Waals surface area contributed by atoms with E-state index in [9.17, 15) is 9.18 Å². The van der Waals surface area contributed by atoms with E-state index in [2.05, 4.69) is 5.32 Å². The zero-order valence-electron chi connectivity index (χ0n) is 13.0. The van der Waals surface area contributed by atoms with E-state index in [0.717, 1.165) is 16.8 Å². The summed E-state index contributed by atoms with van der Waals surface area (Å²) in [4.78, 5) is 14.0. The molecule has 0 spiro atoms. The van der Waals surface area contributed by atoms with Crippen molar-refractivity contribution in [3.63, 3.8) is 0 Å². The van der Waals surface area contributed by atoms with Crippen molar-refractivity contribution in [1.29, 1.82) is 0 Å². The molecule has 22 heavy (non-hydrogen) atoms. The Morgan fingerprint density at radius 3 is 2.55 bits per heavy atom. The average Bonchev–Trinajstić information content (AvgIpc) is 2.50. The highest BCUT2D eigenvalue weighted by Gasteiger charge is 2.13. The number of carbonyl (C=O) groups is 1. The van der Waals surface area contributed by atoms with Crippen molar-refractivity contribution in [2.75, 3.05) is 18.0 Å². The Hall–Kier alpha value is -2.36. The van der Waals surface area contributed by atoms with Crippen LogP contribution in [0.2, 0.25) is 0 Å². The van der Waals surface area contributed by atoms with Gasteiger partial charge in [-0.2, -0.15) is 0 Å². The molecular weight excluding hydrogens is 279 g/mol. The quantitative estimate of drug-likeness (QED) is 0.892. The molecule has 1 N–H and O–H groups in total. The van der Waals surface area contributed by atoms with Crippen LogP contribution in [0.15, 0.2) is 48.5 Å². The number of carbonyl (C=O) groups excluding carboxylic acids is 1. The molecule has 0 saturated carbocycles. The first-order valence-electron chi connectivity index (χ1n) is 7.46. The normalized spacial score (nSPS) is 10.3. The van der Waals surface area contributed by atoms with Gasteiger partial charge in [-0.25, -0.2) is 9.18 Å². The van der Waals surface area contributed by atoms with E-state index in [1.54, 1.807) is 17.0 Å². The summed E-state index contributed by atoms with van der Waals surface area (Å²) in [6, 6.07) is 14.1. The van der Waals surface area contributed by atoms with Crippen molar-refractivity contribution >= 4 is 11.7 Å². The molecule has 0 aromatic heterocycles. The third kappa shape index (κ3) is 4.32. The van der Waals surface area contributed by atoms with Crippen LogP contribution in [0.25, 0.3) is 0 Å². The Labute approximate surface area is 130 Å². The summed E-state index contributed by atoms with van der Waals surface area (Å²) in [5.41, 5.74) is 3.01. The number of rotatable bonds is 5. The number of hydrogen-bond donors (Lipinski definition) is 1. The molecule has 0 fully saturated rings. The second-order valence-corrected chi connectivity index (χ2v) is 5.19. The smallest absolute Gasteiger partial charge is 0.321 e. The van der Waals surface area contributed by atoms with Gasteiger partial charge in [0.1, 0.15) is 5.82 Å². The molecule has 0 radical (unpaired) electrons. The standard InChI is InChI=1S/C18H21FN2O/c1-3-21(17-6-4-5-14(2)13-17)18(22)20-12-11-15-7-9-16(19)10-8-15/h4-10,13H,3,11-12H2,1-2H3,(H,20,22). The van der Waals surface area contributed by atoms with Crippen LogP contribution in [0.1, 0.15) is 18.1 Å². The van der Waals surface area contributed by atoms with Gasteiger partial charge in [-0.3, -0.25) is 4.90 Å². The highest BCUT2D eigenvalue weighted by Crippen LogP contribution is 2.15. The van der Waals surface area contributed by atoms with Gasteiger partial charge in [-0.05, 0) is 55.7 Å². The van der Waals surface area contributed by atoms with Crippen molar-refractivity contribution < 1.29 is 9.18 Å². The zero-order chi connectivity index (χ0) is 15.9. The molecule has 0 saturated heterocycles. The monoisotopic (exact) mass is 300 g/mol. The van der Waals surface area contributed by atoms with Crippen molar-refractivity contribution in [3.05, 3.63) is 65.5 Å². The minimum atomic E-state index is -0.246. The predicted molar refractivity (Wildman–Crippen MR) is 87.7 cm³/mol. The van der Waals surface area contributed by atoms with Crippen molar-refractivity contribution in [3.8, 4) is 0 Å². The Bertz CT molecular complexity index is 625. The number of nitrogens with one attached hydrogen (secondary N) is 1. The lowest BCUT2D eigenvalue weighted by atomic mass is 10.1. The third-order valence-corrected chi connectivity index (χ3v) is 3.48. The Morgan fingerprint density at radius 1 is 1.18 bits per heavy atom. The van der Waals surface area contributed by atoms with E-state index < -0.39 is 0 Å². The van der Waals surface area contributed by atoms with E-state index in [-0.39, 0.29) is 11.8 Å². The summed E-state index contributed by atoms with van der Waals surface area (Å²) >= 11 is 0. The lowest BCUT2D eigenvalue weighted by Gasteiger charge is -2.22. The first kappa shape index (κ1) is 16.0. The van der Waals surface area contributed by atoms with Gasteiger partial charge >= 0.3 is 6.03 Å². The van der Waals surface area contributed by atoms with E-state index in [0.29, 0.717) is 19.5 Å². The maximum absolute atomic E-state index is 12.8. The zero-order valence-corrected chi connectivity index (χ0v) is 13.0. The number of amides is 2. The lowest BCUT2D eigenvalue weighted by molar-refractivity contribution is 0.246. The van der Waals surface area contributed by atoms with Crippen LogP contribution in [0.5, 0.6) is 0 Å². The van der Waals surface area contributed by atoms with Crippen LogP contribution in [0, 0.1) is 12.7 Å². The Morgan fingerprint density at radius 2 is 1.91 bits per heavy atom. The number of nitrogens with zero attached hydrogens (tertiary/aromatic N) is 1. The summed E-state index contributed by atoms with van der Waals surface area (Å²) in [5, 5.41) is 2.91. The number of hydrogen-bond acceptors (Lipinski definition) is 1. The molecule has 4 heteroatoms. The van der Waals surface area contributed by atoms with Gasteiger partial charge in [0.25, 0.3) is 0 Å². The molecule has 0 aliphatic rings. The molecular formula is C18H21FN2O. The van der Waals surface area contributed by atoms with Crippen molar-refractivity contribution in [1.82, 2.24) is 5.32 Å². The number of urea groups is 1. The SMILES string of the molecule is CCN(C(=O)NCCc1ccc(F)cc1)c1cccc(C)c1. The highest BCUT2D eigenvalue weighted by atomic mass is 19.1. The van der Waals surface area contributed by atoms with Gasteiger partial charge in [0.05, 0.1) is 0 Å². The molecule has 3 nitrogen and oxygen atoms in total. The fourth-order valence-electron chi connectivity index (χ4n) is 2.30. The average molecular weight is 300 g/mol. The van der Waals surface area contributed by atoms with Gasteiger partial charge < -0.3 is 5.32 Å². The summed E-state index contributed by atoms with van der Waals surface area (Å²) in [6.45, 7) is 5.07. The molecule has 2 rings (SSSR count). The van der Waals surface area contributed by atoms with Crippen LogP contribution in [-0.4, -0.2) is 19.1 Å².